The molecule has 2 fully saturated rings. The summed E-state index contributed by atoms with van der Waals surface area (Å²) in [5.74, 6) is 0.0819. The van der Waals surface area contributed by atoms with Crippen molar-refractivity contribution >= 4 is 17.9 Å². The SMILES string of the molecule is COc1cc(C(=O)NNC(=O)C2CCN(C(=O)OC(C)(C)C)CC2)ccc1OC1CCCC1. The number of nitrogens with one attached hydrogen (secondary N) is 2. The third-order valence-electron chi connectivity index (χ3n) is 5.84. The van der Waals surface area contributed by atoms with E-state index in [1.54, 1.807) is 23.1 Å². The van der Waals surface area contributed by atoms with Crippen molar-refractivity contribution in [2.24, 2.45) is 5.92 Å². The number of methoxy groups -OCH3 is 1. The highest BCUT2D eigenvalue weighted by molar-refractivity contribution is 5.96. The predicted octanol–water partition coefficient (Wildman–Crippen LogP) is 3.42. The average Bonchev–Trinajstić information content (AvgIpc) is 3.29. The normalized spacial score (nSPS) is 17.4. The fourth-order valence-electron chi connectivity index (χ4n) is 4.04. The van der Waals surface area contributed by atoms with Gasteiger partial charge in [-0.25, -0.2) is 4.79 Å². The first-order valence-electron chi connectivity index (χ1n) is 11.6. The molecular formula is C24H35N3O6. The average molecular weight is 462 g/mol. The Labute approximate surface area is 195 Å². The van der Waals surface area contributed by atoms with Gasteiger partial charge >= 0.3 is 6.09 Å². The van der Waals surface area contributed by atoms with Gasteiger partial charge in [-0.15, -0.1) is 0 Å². The van der Waals surface area contributed by atoms with E-state index in [1.165, 1.54) is 7.11 Å². The Morgan fingerprint density at radius 3 is 2.24 bits per heavy atom. The van der Waals surface area contributed by atoms with Crippen molar-refractivity contribution in [3.8, 4) is 11.5 Å². The first-order chi connectivity index (χ1) is 15.7. The minimum atomic E-state index is -0.556. The van der Waals surface area contributed by atoms with Crippen LogP contribution in [0.4, 0.5) is 4.79 Å². The van der Waals surface area contributed by atoms with E-state index in [1.807, 2.05) is 20.8 Å². The first-order valence-corrected chi connectivity index (χ1v) is 11.6. The van der Waals surface area contributed by atoms with Crippen LogP contribution in [0.2, 0.25) is 0 Å². The number of hydrogen-bond donors (Lipinski definition) is 2. The molecule has 0 radical (unpaired) electrons. The van der Waals surface area contributed by atoms with Crippen molar-refractivity contribution in [2.45, 2.75) is 71.0 Å². The lowest BCUT2D eigenvalue weighted by Gasteiger charge is -2.32. The molecule has 1 saturated carbocycles. The van der Waals surface area contributed by atoms with Gasteiger partial charge < -0.3 is 19.1 Å². The van der Waals surface area contributed by atoms with Crippen molar-refractivity contribution in [2.75, 3.05) is 20.2 Å². The molecule has 182 valence electrons. The second-order valence-corrected chi connectivity index (χ2v) is 9.57. The number of carbonyl (C=O) groups excluding carboxylic acids is 3. The van der Waals surface area contributed by atoms with E-state index in [4.69, 9.17) is 14.2 Å². The fraction of sp³-hybridized carbons (Fsp3) is 0.625. The van der Waals surface area contributed by atoms with Gasteiger partial charge in [-0.2, -0.15) is 0 Å². The van der Waals surface area contributed by atoms with Gasteiger partial charge in [0.05, 0.1) is 13.2 Å². The second-order valence-electron chi connectivity index (χ2n) is 9.57. The van der Waals surface area contributed by atoms with Gasteiger partial charge in [0.1, 0.15) is 5.60 Å². The number of hydrogen-bond acceptors (Lipinski definition) is 6. The first kappa shape index (κ1) is 24.7. The van der Waals surface area contributed by atoms with Crippen LogP contribution in [0.5, 0.6) is 11.5 Å². The Kier molecular flexibility index (Phi) is 8.05. The number of benzene rings is 1. The zero-order chi connectivity index (χ0) is 24.0. The van der Waals surface area contributed by atoms with Crippen molar-refractivity contribution in [3.63, 3.8) is 0 Å². The third kappa shape index (κ3) is 7.00. The lowest BCUT2D eigenvalue weighted by atomic mass is 9.96. The summed E-state index contributed by atoms with van der Waals surface area (Å²) in [5.41, 5.74) is 4.76. The van der Waals surface area contributed by atoms with Crippen LogP contribution in [0, 0.1) is 5.92 Å². The van der Waals surface area contributed by atoms with Gasteiger partial charge in [0.25, 0.3) is 5.91 Å². The summed E-state index contributed by atoms with van der Waals surface area (Å²) in [4.78, 5) is 38.8. The van der Waals surface area contributed by atoms with Gasteiger partial charge in [-0.1, -0.05) is 0 Å². The summed E-state index contributed by atoms with van der Waals surface area (Å²) in [7, 11) is 1.53. The molecule has 1 aliphatic carbocycles. The van der Waals surface area contributed by atoms with Gasteiger partial charge in [-0.05, 0) is 77.5 Å². The highest BCUT2D eigenvalue weighted by atomic mass is 16.6. The Morgan fingerprint density at radius 1 is 0.970 bits per heavy atom. The van der Waals surface area contributed by atoms with Crippen LogP contribution in [0.1, 0.15) is 69.7 Å². The van der Waals surface area contributed by atoms with E-state index in [2.05, 4.69) is 10.9 Å². The largest absolute Gasteiger partial charge is 0.493 e. The van der Waals surface area contributed by atoms with E-state index in [0.29, 0.717) is 43.0 Å². The number of likely N-dealkylation sites (tertiary alicyclic amines) is 1. The van der Waals surface area contributed by atoms with Crippen molar-refractivity contribution in [3.05, 3.63) is 23.8 Å². The summed E-state index contributed by atoms with van der Waals surface area (Å²) >= 11 is 0. The number of piperidine rings is 1. The summed E-state index contributed by atoms with van der Waals surface area (Å²) < 4.78 is 16.8. The van der Waals surface area contributed by atoms with Crippen LogP contribution in [-0.2, 0) is 9.53 Å². The van der Waals surface area contributed by atoms with Gasteiger partial charge in [-0.3, -0.25) is 20.4 Å². The molecule has 2 N–H and O–H groups in total. The summed E-state index contributed by atoms with van der Waals surface area (Å²) in [5, 5.41) is 0. The molecule has 9 nitrogen and oxygen atoms in total. The molecule has 3 amide bonds. The highest BCUT2D eigenvalue weighted by Gasteiger charge is 2.30. The smallest absolute Gasteiger partial charge is 0.410 e. The van der Waals surface area contributed by atoms with Crippen LogP contribution in [0.3, 0.4) is 0 Å². The molecule has 3 rings (SSSR count). The molecule has 0 atom stereocenters. The van der Waals surface area contributed by atoms with Crippen molar-refractivity contribution in [1.29, 1.82) is 0 Å². The summed E-state index contributed by atoms with van der Waals surface area (Å²) in [6.07, 6.45) is 5.18. The zero-order valence-corrected chi connectivity index (χ0v) is 19.9. The minimum absolute atomic E-state index is 0.180. The highest BCUT2D eigenvalue weighted by Crippen LogP contribution is 2.32. The third-order valence-corrected chi connectivity index (χ3v) is 5.84. The van der Waals surface area contributed by atoms with Gasteiger partial charge in [0.15, 0.2) is 11.5 Å². The van der Waals surface area contributed by atoms with E-state index >= 15 is 0 Å². The Balaban J connectivity index is 1.47. The predicted molar refractivity (Wildman–Crippen MR) is 122 cm³/mol. The molecule has 1 aromatic carbocycles. The molecule has 1 saturated heterocycles. The Hall–Kier alpha value is -2.97. The number of carbonyl (C=O) groups is 3. The molecule has 1 aliphatic heterocycles. The quantitative estimate of drug-likeness (QED) is 0.651. The topological polar surface area (TPSA) is 106 Å². The van der Waals surface area contributed by atoms with Crippen LogP contribution in [0.25, 0.3) is 0 Å². The standard InChI is InChI=1S/C24H35N3O6/c1-24(2,3)33-23(30)27-13-11-16(12-14-27)21(28)25-26-22(29)17-9-10-19(20(15-17)31-4)32-18-7-5-6-8-18/h9-10,15-16,18H,5-8,11-14H2,1-4H3,(H,25,28)(H,26,29). The maximum Gasteiger partial charge on any atom is 0.410 e. The zero-order valence-electron chi connectivity index (χ0n) is 19.9. The maximum atomic E-state index is 12.5. The molecule has 0 spiro atoms. The van der Waals surface area contributed by atoms with E-state index in [-0.39, 0.29) is 24.0 Å². The van der Waals surface area contributed by atoms with Crippen molar-refractivity contribution < 1.29 is 28.6 Å². The molecular weight excluding hydrogens is 426 g/mol. The van der Waals surface area contributed by atoms with Crippen LogP contribution < -0.4 is 20.3 Å². The molecule has 0 aromatic heterocycles. The maximum absolute atomic E-state index is 12.5. The summed E-state index contributed by atoms with van der Waals surface area (Å²) in [6.45, 7) is 6.32. The molecule has 1 heterocycles. The molecule has 0 bridgehead atoms. The van der Waals surface area contributed by atoms with Crippen LogP contribution in [-0.4, -0.2) is 54.7 Å². The minimum Gasteiger partial charge on any atom is -0.493 e. The van der Waals surface area contributed by atoms with Gasteiger partial charge in [0, 0.05) is 24.6 Å². The van der Waals surface area contributed by atoms with E-state index < -0.39 is 11.5 Å². The van der Waals surface area contributed by atoms with E-state index in [0.717, 1.165) is 25.7 Å². The lowest BCUT2D eigenvalue weighted by Crippen LogP contribution is -2.48. The fourth-order valence-corrected chi connectivity index (χ4v) is 4.04. The number of hydrazine groups is 1. The molecule has 33 heavy (non-hydrogen) atoms. The number of ether oxygens (including phenoxy) is 3. The summed E-state index contributed by atoms with van der Waals surface area (Å²) in [6, 6.07) is 4.97. The molecule has 0 unspecified atom stereocenters. The van der Waals surface area contributed by atoms with Crippen molar-refractivity contribution in [1.82, 2.24) is 15.8 Å². The Morgan fingerprint density at radius 2 is 1.64 bits per heavy atom. The number of rotatable bonds is 5. The monoisotopic (exact) mass is 461 g/mol. The molecule has 1 aromatic rings. The van der Waals surface area contributed by atoms with E-state index in [9.17, 15) is 14.4 Å². The van der Waals surface area contributed by atoms with Crippen LogP contribution in [0.15, 0.2) is 18.2 Å². The number of nitrogens with zero attached hydrogens (tertiary/aromatic N) is 1. The second kappa shape index (κ2) is 10.8. The van der Waals surface area contributed by atoms with Crippen LogP contribution >= 0.6 is 0 Å². The Bertz CT molecular complexity index is 852. The number of amides is 3. The van der Waals surface area contributed by atoms with Gasteiger partial charge in [0.2, 0.25) is 5.91 Å². The molecule has 9 heteroatoms. The lowest BCUT2D eigenvalue weighted by molar-refractivity contribution is -0.127. The molecule has 2 aliphatic rings.